The number of carbonyl (C=O) groups is 2. The molecule has 30 heavy (non-hydrogen) atoms. The third-order valence-electron chi connectivity index (χ3n) is 7.03. The van der Waals surface area contributed by atoms with E-state index in [0.717, 1.165) is 30.3 Å². The minimum absolute atomic E-state index is 0.0368. The molecule has 3 aliphatic rings. The van der Waals surface area contributed by atoms with E-state index in [4.69, 9.17) is 0 Å². The summed E-state index contributed by atoms with van der Waals surface area (Å²) in [6.45, 7) is 8.17. The van der Waals surface area contributed by atoms with Gasteiger partial charge in [-0.1, -0.05) is 24.6 Å². The molecule has 0 saturated carbocycles. The second-order valence-corrected chi connectivity index (χ2v) is 9.05. The molecule has 6 heteroatoms. The predicted molar refractivity (Wildman–Crippen MR) is 120 cm³/mol. The van der Waals surface area contributed by atoms with E-state index in [1.165, 1.54) is 65.2 Å². The van der Waals surface area contributed by atoms with E-state index < -0.39 is 6.04 Å². The average Bonchev–Trinajstić information content (AvgIpc) is 3.18. The minimum atomic E-state index is -0.416. The number of anilines is 1. The Balaban J connectivity index is 1.17. The molecule has 2 saturated heterocycles. The summed E-state index contributed by atoms with van der Waals surface area (Å²) in [7, 11) is 0. The van der Waals surface area contributed by atoms with Gasteiger partial charge in [-0.05, 0) is 76.5 Å². The van der Waals surface area contributed by atoms with Crippen molar-refractivity contribution in [3.8, 4) is 0 Å². The number of piperidine rings is 2. The Hall–Kier alpha value is -1.92. The molecule has 2 fully saturated rings. The second kappa shape index (κ2) is 9.92. The van der Waals surface area contributed by atoms with Crippen molar-refractivity contribution in [2.24, 2.45) is 0 Å². The molecule has 0 spiro atoms. The zero-order chi connectivity index (χ0) is 20.9. The van der Waals surface area contributed by atoms with E-state index in [2.05, 4.69) is 15.1 Å². The highest BCUT2D eigenvalue weighted by atomic mass is 16.2. The summed E-state index contributed by atoms with van der Waals surface area (Å²) in [5.41, 5.74) is 1.95. The molecule has 3 aliphatic heterocycles. The standard InChI is InChI=1S/C24H36N4O2/c1-19(29)28-22-9-4-3-8-20(22)18-23(28)24(30)25-12-7-13-26-16-10-21(11-17-26)27-14-5-2-6-15-27/h3-4,8-9,21,23H,2,5-7,10-18H2,1H3,(H,25,30). The first kappa shape index (κ1) is 21.3. The maximum absolute atomic E-state index is 12.8. The van der Waals surface area contributed by atoms with Crippen LogP contribution in [0.5, 0.6) is 0 Å². The zero-order valence-electron chi connectivity index (χ0n) is 18.3. The molecule has 0 radical (unpaired) electrons. The summed E-state index contributed by atoms with van der Waals surface area (Å²) in [6.07, 6.45) is 8.25. The average molecular weight is 413 g/mol. The molecule has 1 N–H and O–H groups in total. The lowest BCUT2D eigenvalue weighted by molar-refractivity contribution is -0.125. The van der Waals surface area contributed by atoms with Gasteiger partial charge in [0.1, 0.15) is 6.04 Å². The van der Waals surface area contributed by atoms with Crippen molar-refractivity contribution < 1.29 is 9.59 Å². The van der Waals surface area contributed by atoms with Gasteiger partial charge in [-0.3, -0.25) is 14.5 Å². The Kier molecular flexibility index (Phi) is 7.05. The summed E-state index contributed by atoms with van der Waals surface area (Å²) >= 11 is 0. The minimum Gasteiger partial charge on any atom is -0.354 e. The number of fused-ring (bicyclic) bond motifs is 1. The number of para-hydroxylation sites is 1. The van der Waals surface area contributed by atoms with Crippen LogP contribution in [0.3, 0.4) is 0 Å². The summed E-state index contributed by atoms with van der Waals surface area (Å²) in [6, 6.07) is 8.18. The molecular formula is C24H36N4O2. The van der Waals surface area contributed by atoms with Crippen LogP contribution >= 0.6 is 0 Å². The number of hydrogen-bond donors (Lipinski definition) is 1. The van der Waals surface area contributed by atoms with Gasteiger partial charge >= 0.3 is 0 Å². The maximum atomic E-state index is 12.8. The SMILES string of the molecule is CC(=O)N1c2ccccc2CC1C(=O)NCCCN1CCC(N2CCCCC2)CC1. The molecule has 4 rings (SSSR count). The lowest BCUT2D eigenvalue weighted by atomic mass is 10.00. The smallest absolute Gasteiger partial charge is 0.243 e. The van der Waals surface area contributed by atoms with Gasteiger partial charge < -0.3 is 15.1 Å². The fourth-order valence-corrected chi connectivity index (χ4v) is 5.41. The van der Waals surface area contributed by atoms with Gasteiger partial charge in [0.05, 0.1) is 0 Å². The Morgan fingerprint density at radius 1 is 1.03 bits per heavy atom. The molecule has 3 heterocycles. The zero-order valence-corrected chi connectivity index (χ0v) is 18.3. The molecule has 0 bridgehead atoms. The van der Waals surface area contributed by atoms with Crippen molar-refractivity contribution >= 4 is 17.5 Å². The number of amides is 2. The lowest BCUT2D eigenvalue weighted by Crippen LogP contribution is -2.48. The first-order chi connectivity index (χ1) is 14.6. The van der Waals surface area contributed by atoms with Crippen LogP contribution in [0, 0.1) is 0 Å². The molecule has 2 amide bonds. The van der Waals surface area contributed by atoms with Crippen LogP contribution in [0.4, 0.5) is 5.69 Å². The van der Waals surface area contributed by atoms with E-state index in [1.54, 1.807) is 4.90 Å². The number of nitrogens with zero attached hydrogens (tertiary/aromatic N) is 3. The number of carbonyl (C=O) groups excluding carboxylic acids is 2. The van der Waals surface area contributed by atoms with Crippen molar-refractivity contribution in [2.45, 2.75) is 64.0 Å². The van der Waals surface area contributed by atoms with Crippen LogP contribution in [-0.2, 0) is 16.0 Å². The Morgan fingerprint density at radius 2 is 1.77 bits per heavy atom. The maximum Gasteiger partial charge on any atom is 0.243 e. The predicted octanol–water partition coefficient (Wildman–Crippen LogP) is 2.42. The van der Waals surface area contributed by atoms with Gasteiger partial charge in [-0.15, -0.1) is 0 Å². The largest absolute Gasteiger partial charge is 0.354 e. The number of hydrogen-bond acceptors (Lipinski definition) is 4. The fourth-order valence-electron chi connectivity index (χ4n) is 5.41. The van der Waals surface area contributed by atoms with Crippen LogP contribution < -0.4 is 10.2 Å². The topological polar surface area (TPSA) is 55.9 Å². The normalized spacial score (nSPS) is 23.4. The molecular weight excluding hydrogens is 376 g/mol. The quantitative estimate of drug-likeness (QED) is 0.729. The van der Waals surface area contributed by atoms with E-state index in [1.807, 2.05) is 24.3 Å². The van der Waals surface area contributed by atoms with Gasteiger partial charge in [-0.25, -0.2) is 0 Å². The molecule has 0 aliphatic carbocycles. The van der Waals surface area contributed by atoms with Gasteiger partial charge in [0, 0.05) is 31.6 Å². The van der Waals surface area contributed by atoms with E-state index in [0.29, 0.717) is 13.0 Å². The van der Waals surface area contributed by atoms with E-state index in [9.17, 15) is 9.59 Å². The Morgan fingerprint density at radius 3 is 2.50 bits per heavy atom. The second-order valence-electron chi connectivity index (χ2n) is 9.05. The van der Waals surface area contributed by atoms with Crippen molar-refractivity contribution in [3.63, 3.8) is 0 Å². The van der Waals surface area contributed by atoms with Crippen LogP contribution in [0.25, 0.3) is 0 Å². The Labute approximate surface area is 180 Å². The summed E-state index contributed by atoms with van der Waals surface area (Å²) < 4.78 is 0. The molecule has 164 valence electrons. The van der Waals surface area contributed by atoms with Crippen molar-refractivity contribution in [1.82, 2.24) is 15.1 Å². The third-order valence-corrected chi connectivity index (χ3v) is 7.03. The van der Waals surface area contributed by atoms with E-state index >= 15 is 0 Å². The van der Waals surface area contributed by atoms with Crippen molar-refractivity contribution in [3.05, 3.63) is 29.8 Å². The highest BCUT2D eigenvalue weighted by molar-refractivity contribution is 6.02. The van der Waals surface area contributed by atoms with Crippen LogP contribution in [0.15, 0.2) is 24.3 Å². The Bertz CT molecular complexity index is 738. The van der Waals surface area contributed by atoms with Crippen LogP contribution in [0.1, 0.15) is 51.0 Å². The molecule has 6 nitrogen and oxygen atoms in total. The summed E-state index contributed by atoms with van der Waals surface area (Å²) in [4.78, 5) is 31.8. The summed E-state index contributed by atoms with van der Waals surface area (Å²) in [5.74, 6) is -0.109. The number of benzene rings is 1. The summed E-state index contributed by atoms with van der Waals surface area (Å²) in [5, 5.41) is 3.08. The molecule has 1 unspecified atom stereocenters. The van der Waals surface area contributed by atoms with Gasteiger partial charge in [0.25, 0.3) is 0 Å². The highest BCUT2D eigenvalue weighted by Crippen LogP contribution is 2.32. The highest BCUT2D eigenvalue weighted by Gasteiger charge is 2.36. The lowest BCUT2D eigenvalue weighted by Gasteiger charge is -2.40. The first-order valence-corrected chi connectivity index (χ1v) is 11.8. The molecule has 1 atom stereocenters. The van der Waals surface area contributed by atoms with Gasteiger partial charge in [-0.2, -0.15) is 0 Å². The third kappa shape index (κ3) is 4.86. The van der Waals surface area contributed by atoms with Crippen molar-refractivity contribution in [1.29, 1.82) is 0 Å². The molecule has 1 aromatic rings. The number of nitrogens with one attached hydrogen (secondary N) is 1. The van der Waals surface area contributed by atoms with Crippen LogP contribution in [0.2, 0.25) is 0 Å². The first-order valence-electron chi connectivity index (χ1n) is 11.8. The van der Waals surface area contributed by atoms with Gasteiger partial charge in [0.2, 0.25) is 11.8 Å². The molecule has 0 aromatic heterocycles. The number of likely N-dealkylation sites (tertiary alicyclic amines) is 2. The fraction of sp³-hybridized carbons (Fsp3) is 0.667. The number of rotatable bonds is 6. The van der Waals surface area contributed by atoms with Crippen LogP contribution in [-0.4, -0.2) is 73.0 Å². The van der Waals surface area contributed by atoms with Crippen molar-refractivity contribution in [2.75, 3.05) is 44.2 Å². The van der Waals surface area contributed by atoms with Gasteiger partial charge in [0.15, 0.2) is 0 Å². The van der Waals surface area contributed by atoms with E-state index in [-0.39, 0.29) is 11.8 Å². The molecule has 1 aromatic carbocycles. The monoisotopic (exact) mass is 412 g/mol.